The summed E-state index contributed by atoms with van der Waals surface area (Å²) in [6.45, 7) is 9.06. The van der Waals surface area contributed by atoms with Crippen molar-refractivity contribution in [2.45, 2.75) is 44.8 Å². The maximum atomic E-state index is 12.6. The molecular weight excluding hydrogens is 390 g/mol. The Kier molecular flexibility index (Phi) is 7.45. The fourth-order valence-corrected chi connectivity index (χ4v) is 4.93. The lowest BCUT2D eigenvalue weighted by molar-refractivity contribution is -0.142. The van der Waals surface area contributed by atoms with Gasteiger partial charge in [-0.15, -0.1) is 0 Å². The van der Waals surface area contributed by atoms with Gasteiger partial charge in [-0.25, -0.2) is 0 Å². The van der Waals surface area contributed by atoms with Crippen LogP contribution in [0.25, 0.3) is 0 Å². The molecule has 1 aromatic carbocycles. The largest absolute Gasteiger partial charge is 0.368 e. The highest BCUT2D eigenvalue weighted by Gasteiger charge is 2.31. The number of likely N-dealkylation sites (tertiary alicyclic amines) is 1. The predicted molar refractivity (Wildman–Crippen MR) is 123 cm³/mol. The Bertz CT molecular complexity index is 746. The van der Waals surface area contributed by atoms with E-state index < -0.39 is 0 Å². The van der Waals surface area contributed by atoms with E-state index in [4.69, 9.17) is 4.74 Å². The van der Waals surface area contributed by atoms with E-state index in [0.29, 0.717) is 12.6 Å². The number of hydrogen-bond donors (Lipinski definition) is 1. The number of benzene rings is 1. The molecule has 2 unspecified atom stereocenters. The van der Waals surface area contributed by atoms with Gasteiger partial charge in [0.05, 0.1) is 6.04 Å². The Morgan fingerprint density at radius 3 is 2.35 bits per heavy atom. The van der Waals surface area contributed by atoms with Crippen LogP contribution in [-0.4, -0.2) is 92.1 Å². The highest BCUT2D eigenvalue weighted by molar-refractivity contribution is 5.82. The number of hydrogen-bond acceptors (Lipinski definition) is 4. The van der Waals surface area contributed by atoms with Gasteiger partial charge in [-0.2, -0.15) is 0 Å². The maximum absolute atomic E-state index is 12.6. The summed E-state index contributed by atoms with van der Waals surface area (Å²) in [5.41, 5.74) is 2.66. The summed E-state index contributed by atoms with van der Waals surface area (Å²) >= 11 is 0. The number of ether oxygens (including phenoxy) is 1. The minimum atomic E-state index is -0.222. The molecule has 3 fully saturated rings. The van der Waals surface area contributed by atoms with Crippen molar-refractivity contribution in [3.8, 4) is 0 Å². The molecule has 1 aromatic rings. The molecule has 3 heterocycles. The molecule has 0 aliphatic carbocycles. The zero-order valence-electron chi connectivity index (χ0n) is 19.1. The molecule has 1 N–H and O–H groups in total. The average molecular weight is 428 g/mol. The summed E-state index contributed by atoms with van der Waals surface area (Å²) in [6, 6.07) is 9.29. The third-order valence-corrected chi connectivity index (χ3v) is 6.80. The summed E-state index contributed by atoms with van der Waals surface area (Å²) in [7, 11) is 1.85. The molecule has 0 saturated carbocycles. The zero-order valence-corrected chi connectivity index (χ0v) is 19.1. The van der Waals surface area contributed by atoms with Gasteiger partial charge in [0.15, 0.2) is 5.96 Å². The van der Waals surface area contributed by atoms with Gasteiger partial charge in [0.25, 0.3) is 5.91 Å². The Balaban J connectivity index is 1.33. The zero-order chi connectivity index (χ0) is 21.6. The van der Waals surface area contributed by atoms with Crippen LogP contribution in [0, 0.1) is 6.92 Å². The summed E-state index contributed by atoms with van der Waals surface area (Å²) in [6.07, 6.45) is 4.18. The molecule has 7 nitrogen and oxygen atoms in total. The van der Waals surface area contributed by atoms with Crippen LogP contribution in [0.4, 0.5) is 0 Å². The standard InChI is InChI=1S/C24H37N5O2/c1-19-7-9-20(10-8-19)21(27-11-3-4-12-27)18-26-24(25-2)29-15-13-28(14-16-29)23(30)22-6-5-17-31-22/h7-10,21-22H,3-6,11-18H2,1-2H3,(H,25,26). The lowest BCUT2D eigenvalue weighted by atomic mass is 10.0. The van der Waals surface area contributed by atoms with Crippen molar-refractivity contribution in [2.24, 2.45) is 4.99 Å². The van der Waals surface area contributed by atoms with Crippen molar-refractivity contribution < 1.29 is 9.53 Å². The molecule has 2 atom stereocenters. The van der Waals surface area contributed by atoms with Gasteiger partial charge in [-0.05, 0) is 51.3 Å². The first-order valence-corrected chi connectivity index (χ1v) is 11.8. The molecule has 0 bridgehead atoms. The molecule has 3 aliphatic heterocycles. The van der Waals surface area contributed by atoms with Gasteiger partial charge in [0.2, 0.25) is 0 Å². The second kappa shape index (κ2) is 10.5. The van der Waals surface area contributed by atoms with Crippen molar-refractivity contribution in [1.82, 2.24) is 20.0 Å². The first-order valence-electron chi connectivity index (χ1n) is 11.8. The minimum absolute atomic E-state index is 0.161. The van der Waals surface area contributed by atoms with Crippen LogP contribution in [-0.2, 0) is 9.53 Å². The van der Waals surface area contributed by atoms with Crippen molar-refractivity contribution in [3.05, 3.63) is 35.4 Å². The van der Waals surface area contributed by atoms with Crippen LogP contribution in [0.2, 0.25) is 0 Å². The van der Waals surface area contributed by atoms with Crippen LogP contribution < -0.4 is 5.32 Å². The Morgan fingerprint density at radius 1 is 1.06 bits per heavy atom. The fraction of sp³-hybridized carbons (Fsp3) is 0.667. The summed E-state index contributed by atoms with van der Waals surface area (Å²) in [4.78, 5) is 24.0. The Morgan fingerprint density at radius 2 is 1.74 bits per heavy atom. The van der Waals surface area contributed by atoms with Gasteiger partial charge < -0.3 is 19.9 Å². The minimum Gasteiger partial charge on any atom is -0.368 e. The summed E-state index contributed by atoms with van der Waals surface area (Å²) in [5.74, 6) is 1.09. The second-order valence-electron chi connectivity index (χ2n) is 8.91. The maximum Gasteiger partial charge on any atom is 0.251 e. The number of carbonyl (C=O) groups is 1. The van der Waals surface area contributed by atoms with Crippen molar-refractivity contribution >= 4 is 11.9 Å². The molecule has 0 spiro atoms. The number of nitrogens with zero attached hydrogens (tertiary/aromatic N) is 4. The molecule has 0 aromatic heterocycles. The number of rotatable bonds is 5. The van der Waals surface area contributed by atoms with Crippen molar-refractivity contribution in [1.29, 1.82) is 0 Å². The molecule has 0 radical (unpaired) electrons. The van der Waals surface area contributed by atoms with E-state index in [9.17, 15) is 4.79 Å². The van der Waals surface area contributed by atoms with Gasteiger partial charge in [0, 0.05) is 46.4 Å². The number of amides is 1. The quantitative estimate of drug-likeness (QED) is 0.576. The van der Waals surface area contributed by atoms with Crippen LogP contribution in [0.1, 0.15) is 42.9 Å². The van der Waals surface area contributed by atoms with Crippen molar-refractivity contribution in [2.75, 3.05) is 59.5 Å². The number of guanidine groups is 1. The number of piperazine rings is 1. The molecule has 170 valence electrons. The van der Waals surface area contributed by atoms with Gasteiger partial charge in [-0.3, -0.25) is 14.7 Å². The van der Waals surface area contributed by atoms with Crippen LogP contribution >= 0.6 is 0 Å². The van der Waals surface area contributed by atoms with E-state index in [1.165, 1.54) is 24.0 Å². The Labute approximate surface area is 186 Å². The average Bonchev–Trinajstić information content (AvgIpc) is 3.52. The van der Waals surface area contributed by atoms with Gasteiger partial charge in [0.1, 0.15) is 6.10 Å². The topological polar surface area (TPSA) is 60.4 Å². The fourth-order valence-electron chi connectivity index (χ4n) is 4.93. The summed E-state index contributed by atoms with van der Waals surface area (Å²) in [5, 5.41) is 3.63. The number of nitrogens with one attached hydrogen (secondary N) is 1. The first-order chi connectivity index (χ1) is 15.2. The normalized spacial score (nSPS) is 23.9. The van der Waals surface area contributed by atoms with E-state index >= 15 is 0 Å². The Hall–Kier alpha value is -2.12. The van der Waals surface area contributed by atoms with E-state index in [-0.39, 0.29) is 12.0 Å². The SMILES string of the molecule is CN=C(NCC(c1ccc(C)cc1)N1CCCC1)N1CCN(C(=O)C2CCCO2)CC1. The van der Waals surface area contributed by atoms with Crippen LogP contribution in [0.5, 0.6) is 0 Å². The monoisotopic (exact) mass is 427 g/mol. The third-order valence-electron chi connectivity index (χ3n) is 6.80. The highest BCUT2D eigenvalue weighted by Crippen LogP contribution is 2.25. The second-order valence-corrected chi connectivity index (χ2v) is 8.91. The smallest absolute Gasteiger partial charge is 0.251 e. The van der Waals surface area contributed by atoms with Crippen LogP contribution in [0.3, 0.4) is 0 Å². The van der Waals surface area contributed by atoms with E-state index in [1.807, 2.05) is 11.9 Å². The predicted octanol–water partition coefficient (Wildman–Crippen LogP) is 2.03. The summed E-state index contributed by atoms with van der Waals surface area (Å²) < 4.78 is 5.58. The van der Waals surface area contributed by atoms with Gasteiger partial charge in [-0.1, -0.05) is 29.8 Å². The van der Waals surface area contributed by atoms with Crippen LogP contribution in [0.15, 0.2) is 29.3 Å². The van der Waals surface area contributed by atoms with Gasteiger partial charge >= 0.3 is 0 Å². The number of aliphatic imine (C=N–C) groups is 1. The number of aryl methyl sites for hydroxylation is 1. The highest BCUT2D eigenvalue weighted by atomic mass is 16.5. The first kappa shape index (κ1) is 22.1. The molecule has 3 saturated heterocycles. The van der Waals surface area contributed by atoms with E-state index in [0.717, 1.165) is 64.6 Å². The molecule has 31 heavy (non-hydrogen) atoms. The molecule has 3 aliphatic rings. The molecule has 7 heteroatoms. The molecule has 1 amide bonds. The van der Waals surface area contributed by atoms with Crippen molar-refractivity contribution in [3.63, 3.8) is 0 Å². The molecule has 4 rings (SSSR count). The van der Waals surface area contributed by atoms with E-state index in [1.54, 1.807) is 0 Å². The lowest BCUT2D eigenvalue weighted by Gasteiger charge is -2.38. The lowest BCUT2D eigenvalue weighted by Crippen LogP contribution is -2.55. The third kappa shape index (κ3) is 5.39. The van der Waals surface area contributed by atoms with E-state index in [2.05, 4.69) is 51.3 Å². The molecular formula is C24H37N5O2. The number of carbonyl (C=O) groups excluding carboxylic acids is 1.